The Bertz CT molecular complexity index is 191. The first kappa shape index (κ1) is 16.4. The van der Waals surface area contributed by atoms with Gasteiger partial charge in [0.2, 0.25) is 0 Å². The molecule has 98 valence electrons. The number of hydrogen-bond donors (Lipinski definition) is 0. The number of ether oxygens (including phenoxy) is 1. The normalized spacial score (nSPS) is 16.3. The molecule has 1 nitrogen and oxygen atoms in total. The van der Waals surface area contributed by atoms with Crippen molar-refractivity contribution < 1.29 is 4.74 Å². The molecule has 2 atom stereocenters. The Morgan fingerprint density at radius 1 is 1.06 bits per heavy atom. The van der Waals surface area contributed by atoms with Gasteiger partial charge in [-0.2, -0.15) is 0 Å². The molecular formula is C14H31OP. The highest BCUT2D eigenvalue weighted by Gasteiger charge is 2.32. The molecule has 0 amide bonds. The first-order chi connectivity index (χ1) is 7.08. The van der Waals surface area contributed by atoms with E-state index >= 15 is 0 Å². The van der Waals surface area contributed by atoms with Crippen LogP contribution >= 0.6 is 8.58 Å². The lowest BCUT2D eigenvalue weighted by molar-refractivity contribution is 0.0531. The van der Waals surface area contributed by atoms with Crippen molar-refractivity contribution in [1.82, 2.24) is 0 Å². The van der Waals surface area contributed by atoms with Crippen LogP contribution in [0, 0.1) is 10.8 Å². The quantitative estimate of drug-likeness (QED) is 0.625. The maximum Gasteiger partial charge on any atom is 0.0539 e. The SMILES string of the molecule is CPC(COC(C)C)C(C)(C)CC(C)(C)C. The van der Waals surface area contributed by atoms with Crippen LogP contribution in [-0.2, 0) is 4.74 Å². The fourth-order valence-electron chi connectivity index (χ4n) is 2.48. The molecule has 0 aliphatic heterocycles. The average Bonchev–Trinajstić information content (AvgIpc) is 1.98. The van der Waals surface area contributed by atoms with Crippen LogP contribution < -0.4 is 0 Å². The smallest absolute Gasteiger partial charge is 0.0539 e. The molecule has 0 saturated carbocycles. The maximum atomic E-state index is 5.80. The summed E-state index contributed by atoms with van der Waals surface area (Å²) in [4.78, 5) is 0. The fourth-order valence-corrected chi connectivity index (χ4v) is 3.62. The summed E-state index contributed by atoms with van der Waals surface area (Å²) in [5.41, 5.74) is 1.47. The molecule has 0 radical (unpaired) electrons. The van der Waals surface area contributed by atoms with Crippen molar-refractivity contribution in [3.63, 3.8) is 0 Å². The van der Waals surface area contributed by atoms with Crippen LogP contribution in [0.2, 0.25) is 0 Å². The van der Waals surface area contributed by atoms with E-state index in [4.69, 9.17) is 4.74 Å². The molecule has 0 aromatic heterocycles. The molecule has 0 N–H and O–H groups in total. The van der Waals surface area contributed by atoms with Crippen LogP contribution in [0.3, 0.4) is 0 Å². The van der Waals surface area contributed by atoms with Gasteiger partial charge in [-0.15, -0.1) is 8.58 Å². The molecule has 0 aromatic carbocycles. The minimum absolute atomic E-state index is 0.351. The van der Waals surface area contributed by atoms with Gasteiger partial charge >= 0.3 is 0 Å². The van der Waals surface area contributed by atoms with Crippen molar-refractivity contribution in [1.29, 1.82) is 0 Å². The zero-order chi connectivity index (χ0) is 13.0. The van der Waals surface area contributed by atoms with E-state index in [9.17, 15) is 0 Å². The van der Waals surface area contributed by atoms with Crippen molar-refractivity contribution in [2.75, 3.05) is 13.3 Å². The summed E-state index contributed by atoms with van der Waals surface area (Å²) in [5.74, 6) is 0. The van der Waals surface area contributed by atoms with E-state index in [0.29, 0.717) is 22.6 Å². The Labute approximate surface area is 105 Å². The summed E-state index contributed by atoms with van der Waals surface area (Å²) in [5, 5.41) is 0. The average molecular weight is 246 g/mol. The largest absolute Gasteiger partial charge is 0.378 e. The van der Waals surface area contributed by atoms with E-state index < -0.39 is 0 Å². The molecular weight excluding hydrogens is 215 g/mol. The molecule has 0 aliphatic carbocycles. The summed E-state index contributed by atoms with van der Waals surface area (Å²) in [6.45, 7) is 19.2. The minimum Gasteiger partial charge on any atom is -0.378 e. The lowest BCUT2D eigenvalue weighted by atomic mass is 9.74. The first-order valence-corrected chi connectivity index (χ1v) is 7.95. The van der Waals surface area contributed by atoms with Crippen LogP contribution in [0.5, 0.6) is 0 Å². The summed E-state index contributed by atoms with van der Waals surface area (Å²) in [7, 11) is 0.961. The third kappa shape index (κ3) is 6.86. The Balaban J connectivity index is 4.42. The van der Waals surface area contributed by atoms with Crippen molar-refractivity contribution >= 4 is 8.58 Å². The summed E-state index contributed by atoms with van der Waals surface area (Å²) in [6, 6.07) is 0. The van der Waals surface area contributed by atoms with Gasteiger partial charge < -0.3 is 4.74 Å². The highest BCUT2D eigenvalue weighted by molar-refractivity contribution is 7.38. The Morgan fingerprint density at radius 3 is 1.88 bits per heavy atom. The van der Waals surface area contributed by atoms with Crippen LogP contribution in [0.15, 0.2) is 0 Å². The zero-order valence-corrected chi connectivity index (χ0v) is 13.5. The highest BCUT2D eigenvalue weighted by Crippen LogP contribution is 2.42. The van der Waals surface area contributed by atoms with Crippen molar-refractivity contribution in [3.05, 3.63) is 0 Å². The van der Waals surface area contributed by atoms with Crippen LogP contribution in [0.1, 0.15) is 54.9 Å². The first-order valence-electron chi connectivity index (χ1n) is 6.37. The molecule has 16 heavy (non-hydrogen) atoms. The van der Waals surface area contributed by atoms with Gasteiger partial charge in [-0.05, 0) is 37.8 Å². The van der Waals surface area contributed by atoms with Crippen LogP contribution in [0.25, 0.3) is 0 Å². The lowest BCUT2D eigenvalue weighted by Crippen LogP contribution is -2.34. The van der Waals surface area contributed by atoms with Crippen LogP contribution in [0.4, 0.5) is 0 Å². The van der Waals surface area contributed by atoms with E-state index in [1.54, 1.807) is 0 Å². The molecule has 0 rings (SSSR count). The number of rotatable bonds is 6. The zero-order valence-electron chi connectivity index (χ0n) is 12.5. The monoisotopic (exact) mass is 246 g/mol. The van der Waals surface area contributed by atoms with E-state index in [1.165, 1.54) is 6.42 Å². The Morgan fingerprint density at radius 2 is 1.56 bits per heavy atom. The molecule has 2 heteroatoms. The summed E-state index contributed by atoms with van der Waals surface area (Å²) in [6.07, 6.45) is 1.61. The van der Waals surface area contributed by atoms with Gasteiger partial charge in [0.1, 0.15) is 0 Å². The lowest BCUT2D eigenvalue weighted by Gasteiger charge is -2.39. The second-order valence-corrected chi connectivity index (χ2v) is 8.22. The maximum absolute atomic E-state index is 5.80. The standard InChI is InChI=1S/C14H31OP/c1-11(2)15-9-12(16-8)14(6,7)10-13(3,4)5/h11-12,16H,9-10H2,1-8H3. The highest BCUT2D eigenvalue weighted by atomic mass is 31.1. The van der Waals surface area contributed by atoms with Gasteiger partial charge in [0.15, 0.2) is 0 Å². The third-order valence-electron chi connectivity index (χ3n) is 2.87. The van der Waals surface area contributed by atoms with Gasteiger partial charge in [0, 0.05) is 5.66 Å². The van der Waals surface area contributed by atoms with Crippen LogP contribution in [-0.4, -0.2) is 25.0 Å². The van der Waals surface area contributed by atoms with Gasteiger partial charge in [0.05, 0.1) is 12.7 Å². The van der Waals surface area contributed by atoms with Gasteiger partial charge in [-0.3, -0.25) is 0 Å². The third-order valence-corrected chi connectivity index (χ3v) is 4.52. The molecule has 2 unspecified atom stereocenters. The van der Waals surface area contributed by atoms with Crippen molar-refractivity contribution in [2.45, 2.75) is 66.6 Å². The van der Waals surface area contributed by atoms with E-state index in [1.807, 2.05) is 0 Å². The molecule has 0 spiro atoms. The number of hydrogen-bond acceptors (Lipinski definition) is 1. The van der Waals surface area contributed by atoms with Gasteiger partial charge in [0.25, 0.3) is 0 Å². The van der Waals surface area contributed by atoms with E-state index in [0.717, 1.165) is 15.2 Å². The molecule has 0 heterocycles. The molecule has 0 aromatic rings. The van der Waals surface area contributed by atoms with Gasteiger partial charge in [-0.1, -0.05) is 34.6 Å². The minimum atomic E-state index is 0.351. The van der Waals surface area contributed by atoms with Crippen molar-refractivity contribution in [3.8, 4) is 0 Å². The predicted octanol–water partition coefficient (Wildman–Crippen LogP) is 4.55. The van der Waals surface area contributed by atoms with E-state index in [-0.39, 0.29) is 0 Å². The Kier molecular flexibility index (Phi) is 6.51. The van der Waals surface area contributed by atoms with E-state index in [2.05, 4.69) is 55.1 Å². The molecule has 0 saturated heterocycles. The Hall–Kier alpha value is 0.390. The van der Waals surface area contributed by atoms with Crippen molar-refractivity contribution in [2.24, 2.45) is 10.8 Å². The second kappa shape index (κ2) is 6.36. The summed E-state index contributed by atoms with van der Waals surface area (Å²) >= 11 is 0. The van der Waals surface area contributed by atoms with Gasteiger partial charge in [-0.25, -0.2) is 0 Å². The topological polar surface area (TPSA) is 9.23 Å². The molecule has 0 fully saturated rings. The second-order valence-electron chi connectivity index (χ2n) is 6.95. The fraction of sp³-hybridized carbons (Fsp3) is 1.00. The molecule has 0 bridgehead atoms. The molecule has 0 aliphatic rings. The predicted molar refractivity (Wildman–Crippen MR) is 77.0 cm³/mol. The summed E-state index contributed by atoms with van der Waals surface area (Å²) < 4.78 is 5.80.